The summed E-state index contributed by atoms with van der Waals surface area (Å²) in [5.41, 5.74) is -1.33. The van der Waals surface area contributed by atoms with Gasteiger partial charge in [0.25, 0.3) is 0 Å². The molecule has 0 unspecified atom stereocenters. The molecule has 0 aromatic carbocycles. The topological polar surface area (TPSA) is 126 Å². The molecule has 0 aliphatic rings. The van der Waals surface area contributed by atoms with E-state index in [1.54, 1.807) is 47.8 Å². The highest BCUT2D eigenvalue weighted by atomic mass is 32.2. The van der Waals surface area contributed by atoms with Crippen LogP contribution in [0.4, 0.5) is 9.59 Å². The van der Waals surface area contributed by atoms with Crippen molar-refractivity contribution in [2.75, 3.05) is 12.8 Å². The molecule has 0 rings (SSSR count). The second-order valence-electron chi connectivity index (χ2n) is 7.70. The first kappa shape index (κ1) is 25.0. The number of aliphatic carboxylic acids is 1. The Kier molecular flexibility index (Phi) is 10.2. The maximum Gasteiger partial charge on any atom is 0.413 e. The minimum atomic E-state index is -1.15. The number of thioether (sulfide) groups is 1. The molecule has 0 spiro atoms. The van der Waals surface area contributed by atoms with E-state index in [2.05, 4.69) is 15.6 Å². The number of hydrogen-bond acceptors (Lipinski definition) is 7. The van der Waals surface area contributed by atoms with Crippen molar-refractivity contribution in [3.63, 3.8) is 0 Å². The maximum absolute atomic E-state index is 11.7. The van der Waals surface area contributed by atoms with Gasteiger partial charge in [-0.25, -0.2) is 14.4 Å². The van der Waals surface area contributed by atoms with Crippen molar-refractivity contribution in [2.24, 2.45) is 4.99 Å². The van der Waals surface area contributed by atoms with E-state index < -0.39 is 35.4 Å². The van der Waals surface area contributed by atoms with Gasteiger partial charge in [-0.2, -0.15) is 0 Å². The Morgan fingerprint density at radius 1 is 1.04 bits per heavy atom. The van der Waals surface area contributed by atoms with Crippen molar-refractivity contribution >= 4 is 35.1 Å². The fraction of sp³-hybridized carbons (Fsp3) is 0.765. The van der Waals surface area contributed by atoms with Crippen LogP contribution in [0.1, 0.15) is 54.4 Å². The largest absolute Gasteiger partial charge is 0.480 e. The van der Waals surface area contributed by atoms with Gasteiger partial charge in [-0.05, 0) is 60.6 Å². The van der Waals surface area contributed by atoms with Crippen molar-refractivity contribution in [1.82, 2.24) is 10.6 Å². The van der Waals surface area contributed by atoms with Crippen LogP contribution in [0.15, 0.2) is 4.99 Å². The third-order valence-electron chi connectivity index (χ3n) is 2.70. The van der Waals surface area contributed by atoms with E-state index in [9.17, 15) is 19.5 Å². The van der Waals surface area contributed by atoms with Gasteiger partial charge in [0.2, 0.25) is 0 Å². The van der Waals surface area contributed by atoms with E-state index in [4.69, 9.17) is 9.47 Å². The summed E-state index contributed by atoms with van der Waals surface area (Å²) in [6.07, 6.45) is 0.930. The van der Waals surface area contributed by atoms with Gasteiger partial charge >= 0.3 is 18.2 Å². The summed E-state index contributed by atoms with van der Waals surface area (Å²) in [6, 6.07) is -1.08. The molecule has 9 nitrogen and oxygen atoms in total. The van der Waals surface area contributed by atoms with Gasteiger partial charge in [0.05, 0.1) is 0 Å². The SMILES string of the molecule is CSC(=NCCC[C@H](NC(=O)OC(C)(C)C)C(=O)O)NC(=O)OC(C)(C)C. The van der Waals surface area contributed by atoms with E-state index in [0.717, 1.165) is 0 Å². The zero-order valence-electron chi connectivity index (χ0n) is 17.0. The number of hydrogen-bond donors (Lipinski definition) is 3. The van der Waals surface area contributed by atoms with Crippen LogP contribution in [-0.2, 0) is 14.3 Å². The normalized spacial score (nSPS) is 13.5. The number of amidine groups is 1. The number of aliphatic imine (C=N–C) groups is 1. The highest BCUT2D eigenvalue weighted by Crippen LogP contribution is 2.09. The van der Waals surface area contributed by atoms with E-state index in [1.165, 1.54) is 11.8 Å². The first-order valence-electron chi connectivity index (χ1n) is 8.54. The number of nitrogens with zero attached hydrogens (tertiary/aromatic N) is 1. The van der Waals surface area contributed by atoms with Crippen LogP contribution in [0.3, 0.4) is 0 Å². The molecular formula is C17H31N3O6S. The van der Waals surface area contributed by atoms with Gasteiger partial charge in [-0.15, -0.1) is 0 Å². The van der Waals surface area contributed by atoms with Crippen LogP contribution in [0.2, 0.25) is 0 Å². The third kappa shape index (κ3) is 13.8. The van der Waals surface area contributed by atoms with Gasteiger partial charge < -0.3 is 19.9 Å². The molecule has 0 fully saturated rings. The van der Waals surface area contributed by atoms with Crippen molar-refractivity contribution in [1.29, 1.82) is 0 Å². The molecule has 0 aromatic rings. The zero-order valence-corrected chi connectivity index (χ0v) is 17.9. The average Bonchev–Trinajstić information content (AvgIpc) is 2.44. The van der Waals surface area contributed by atoms with Crippen LogP contribution in [0.25, 0.3) is 0 Å². The smallest absolute Gasteiger partial charge is 0.413 e. The molecule has 10 heteroatoms. The lowest BCUT2D eigenvalue weighted by Gasteiger charge is -2.22. The number of alkyl carbamates (subject to hydrolysis) is 2. The van der Waals surface area contributed by atoms with E-state index in [1.807, 2.05) is 0 Å². The average molecular weight is 406 g/mol. The van der Waals surface area contributed by atoms with Gasteiger partial charge in [-0.1, -0.05) is 11.8 Å². The molecule has 0 aromatic heterocycles. The zero-order chi connectivity index (χ0) is 21.3. The molecule has 3 N–H and O–H groups in total. The minimum Gasteiger partial charge on any atom is -0.480 e. The number of ether oxygens (including phenoxy) is 2. The Hall–Kier alpha value is -1.97. The monoisotopic (exact) mass is 405 g/mol. The molecule has 0 heterocycles. The van der Waals surface area contributed by atoms with Gasteiger partial charge in [0, 0.05) is 6.54 Å². The summed E-state index contributed by atoms with van der Waals surface area (Å²) in [6.45, 7) is 10.6. The van der Waals surface area contributed by atoms with Crippen LogP contribution in [0.5, 0.6) is 0 Å². The highest BCUT2D eigenvalue weighted by molar-refractivity contribution is 8.13. The second kappa shape index (κ2) is 11.0. The van der Waals surface area contributed by atoms with E-state index in [0.29, 0.717) is 11.6 Å². The molecule has 1 atom stereocenters. The third-order valence-corrected chi connectivity index (χ3v) is 3.31. The number of rotatable bonds is 6. The van der Waals surface area contributed by atoms with Crippen LogP contribution < -0.4 is 10.6 Å². The summed E-state index contributed by atoms with van der Waals surface area (Å²) in [7, 11) is 0. The molecule has 0 aliphatic heterocycles. The lowest BCUT2D eigenvalue weighted by Crippen LogP contribution is -2.43. The Bertz CT molecular complexity index is 552. The molecule has 2 amide bonds. The molecular weight excluding hydrogens is 374 g/mol. The molecule has 0 saturated heterocycles. The Balaban J connectivity index is 4.52. The van der Waals surface area contributed by atoms with Crippen molar-refractivity contribution < 1.29 is 29.0 Å². The van der Waals surface area contributed by atoms with Gasteiger partial charge in [0.1, 0.15) is 17.2 Å². The Labute approximate surface area is 164 Å². The first-order valence-corrected chi connectivity index (χ1v) is 9.77. The maximum atomic E-state index is 11.7. The number of nitrogens with one attached hydrogen (secondary N) is 2. The lowest BCUT2D eigenvalue weighted by atomic mass is 10.1. The molecule has 0 aliphatic carbocycles. The van der Waals surface area contributed by atoms with Crippen molar-refractivity contribution in [3.8, 4) is 0 Å². The van der Waals surface area contributed by atoms with Crippen LogP contribution >= 0.6 is 11.8 Å². The molecule has 0 saturated carbocycles. The van der Waals surface area contributed by atoms with Crippen molar-refractivity contribution in [2.45, 2.75) is 71.6 Å². The van der Waals surface area contributed by atoms with E-state index in [-0.39, 0.29) is 13.0 Å². The number of carboxylic acid groups (broad SMARTS) is 1. The molecule has 0 radical (unpaired) electrons. The fourth-order valence-electron chi connectivity index (χ4n) is 1.73. The van der Waals surface area contributed by atoms with E-state index >= 15 is 0 Å². The van der Waals surface area contributed by atoms with Crippen molar-refractivity contribution in [3.05, 3.63) is 0 Å². The summed E-state index contributed by atoms with van der Waals surface area (Å²) in [5.74, 6) is -1.15. The van der Waals surface area contributed by atoms with Gasteiger partial charge in [-0.3, -0.25) is 10.3 Å². The number of carbonyl (C=O) groups is 3. The second-order valence-corrected chi connectivity index (χ2v) is 8.49. The fourth-order valence-corrected chi connectivity index (χ4v) is 2.14. The quantitative estimate of drug-likeness (QED) is 0.352. The lowest BCUT2D eigenvalue weighted by molar-refractivity contribution is -0.139. The first-order chi connectivity index (χ1) is 12.2. The summed E-state index contributed by atoms with van der Waals surface area (Å²) in [5, 5.41) is 14.5. The Morgan fingerprint density at radius 3 is 2.00 bits per heavy atom. The number of amides is 2. The summed E-state index contributed by atoms with van der Waals surface area (Å²) < 4.78 is 10.2. The predicted octanol–water partition coefficient (Wildman–Crippen LogP) is 2.99. The molecule has 27 heavy (non-hydrogen) atoms. The predicted molar refractivity (Wildman–Crippen MR) is 105 cm³/mol. The number of carbonyl (C=O) groups excluding carboxylic acids is 2. The number of carboxylic acids is 1. The van der Waals surface area contributed by atoms with Crippen LogP contribution in [-0.4, -0.2) is 58.5 Å². The standard InChI is InChI=1S/C17H31N3O6S/c1-16(2,3)25-14(23)19-11(12(21)22)9-8-10-18-13(27-7)20-15(24)26-17(4,5)6/h11H,8-10H2,1-7H3,(H,19,23)(H,21,22)(H,18,20,24)/t11-/m0/s1. The molecule has 0 bridgehead atoms. The summed E-state index contributed by atoms with van der Waals surface area (Å²) >= 11 is 1.24. The van der Waals surface area contributed by atoms with Gasteiger partial charge in [0.15, 0.2) is 5.17 Å². The molecule has 156 valence electrons. The highest BCUT2D eigenvalue weighted by Gasteiger charge is 2.23. The minimum absolute atomic E-state index is 0.173. The summed E-state index contributed by atoms with van der Waals surface area (Å²) in [4.78, 5) is 38.9. The van der Waals surface area contributed by atoms with Crippen LogP contribution in [0, 0.1) is 0 Å². The Morgan fingerprint density at radius 2 is 1.56 bits per heavy atom.